The molecule has 1 aliphatic carbocycles. The third-order valence-corrected chi connectivity index (χ3v) is 2.61. The first-order chi connectivity index (χ1) is 6.86. The highest BCUT2D eigenvalue weighted by molar-refractivity contribution is 7.80. The quantitative estimate of drug-likeness (QED) is 0.340. The van der Waals surface area contributed by atoms with E-state index in [2.05, 4.69) is 12.2 Å². The summed E-state index contributed by atoms with van der Waals surface area (Å²) in [5, 5.41) is 8.19. The number of hydrogen-bond acceptors (Lipinski definition) is 2. The van der Waals surface area contributed by atoms with Gasteiger partial charge in [-0.3, -0.25) is 0 Å². The van der Waals surface area contributed by atoms with E-state index in [4.69, 9.17) is 5.41 Å². The summed E-state index contributed by atoms with van der Waals surface area (Å²) < 4.78 is 50.2. The van der Waals surface area contributed by atoms with Gasteiger partial charge in [0.2, 0.25) is 0 Å². The number of halogens is 4. The van der Waals surface area contributed by atoms with Crippen molar-refractivity contribution in [1.82, 2.24) is 0 Å². The van der Waals surface area contributed by atoms with E-state index in [1.807, 2.05) is 0 Å². The smallest absolute Gasteiger partial charge is 0.304 e. The molecule has 0 aromatic carbocycles. The molecule has 0 heterocycles. The summed E-state index contributed by atoms with van der Waals surface area (Å²) in [6.45, 7) is 0. The Morgan fingerprint density at radius 1 is 1.53 bits per heavy atom. The van der Waals surface area contributed by atoms with E-state index in [1.165, 1.54) is 0 Å². The van der Waals surface area contributed by atoms with Gasteiger partial charge in [-0.05, 0) is 12.8 Å². The fraction of sp³-hybridized carbons (Fsp3) is 0.556. The minimum Gasteiger partial charge on any atom is -0.304 e. The van der Waals surface area contributed by atoms with Gasteiger partial charge in [-0.15, -0.1) is 0 Å². The maximum Gasteiger partial charge on any atom is 0.412 e. The van der Waals surface area contributed by atoms with Gasteiger partial charge in [-0.25, -0.2) is 4.39 Å². The Hall–Kier alpha value is -0.780. The van der Waals surface area contributed by atoms with E-state index >= 15 is 0 Å². The van der Waals surface area contributed by atoms with Crippen molar-refractivity contribution in [3.05, 3.63) is 11.6 Å². The number of alkyl halides is 4. The monoisotopic (exact) mass is 239 g/mol. The zero-order valence-corrected chi connectivity index (χ0v) is 8.46. The standard InChI is InChI=1S/C9H9F4NS/c10-7-2-1-5(9(11,12)13)3-6(7)8(14)4-15/h1,4,6-7,14H,2-3H2. The SMILES string of the molecule is N=C(C=S)C1CC(C(F)(F)F)=CCC1F. The molecular weight excluding hydrogens is 230 g/mol. The van der Waals surface area contributed by atoms with Gasteiger partial charge in [-0.1, -0.05) is 18.3 Å². The zero-order chi connectivity index (χ0) is 11.6. The largest absolute Gasteiger partial charge is 0.412 e. The molecular formula is C9H9F4NS. The first kappa shape index (κ1) is 12.3. The molecule has 1 aliphatic rings. The Kier molecular flexibility index (Phi) is 3.59. The van der Waals surface area contributed by atoms with Gasteiger partial charge < -0.3 is 5.41 Å². The van der Waals surface area contributed by atoms with Crippen molar-refractivity contribution in [3.63, 3.8) is 0 Å². The summed E-state index contributed by atoms with van der Waals surface area (Å²) in [5.41, 5.74) is -1.00. The lowest BCUT2D eigenvalue weighted by molar-refractivity contribution is -0.0966. The van der Waals surface area contributed by atoms with Crippen molar-refractivity contribution < 1.29 is 17.6 Å². The molecule has 0 aromatic heterocycles. The zero-order valence-electron chi connectivity index (χ0n) is 7.64. The third-order valence-electron chi connectivity index (χ3n) is 2.36. The Morgan fingerprint density at radius 2 is 2.13 bits per heavy atom. The van der Waals surface area contributed by atoms with Gasteiger partial charge in [0.25, 0.3) is 0 Å². The maximum absolute atomic E-state index is 13.2. The number of nitrogens with one attached hydrogen (secondary N) is 1. The second-order valence-corrected chi connectivity index (χ2v) is 3.60. The number of allylic oxidation sites excluding steroid dienone is 2. The lowest BCUT2D eigenvalue weighted by Crippen LogP contribution is -2.31. The molecule has 0 radical (unpaired) electrons. The Bertz CT molecular complexity index is 308. The molecule has 0 fully saturated rings. The van der Waals surface area contributed by atoms with E-state index in [-0.39, 0.29) is 12.1 Å². The van der Waals surface area contributed by atoms with E-state index in [1.54, 1.807) is 0 Å². The predicted molar refractivity (Wildman–Crippen MR) is 53.1 cm³/mol. The Balaban J connectivity index is 2.85. The molecule has 1 rings (SSSR count). The number of rotatable bonds is 2. The van der Waals surface area contributed by atoms with Crippen molar-refractivity contribution in [2.24, 2.45) is 5.92 Å². The average molecular weight is 239 g/mol. The van der Waals surface area contributed by atoms with Crippen LogP contribution in [0.1, 0.15) is 12.8 Å². The summed E-state index contributed by atoms with van der Waals surface area (Å²) in [6, 6.07) is 0. The van der Waals surface area contributed by atoms with E-state index in [0.29, 0.717) is 0 Å². The fourth-order valence-electron chi connectivity index (χ4n) is 1.49. The molecule has 0 bridgehead atoms. The summed E-state index contributed by atoms with van der Waals surface area (Å²) in [7, 11) is 0. The molecule has 0 aliphatic heterocycles. The molecule has 1 N–H and O–H groups in total. The van der Waals surface area contributed by atoms with Crippen LogP contribution in [0.3, 0.4) is 0 Å². The molecule has 2 unspecified atom stereocenters. The number of thiocarbonyl (C=S) groups is 1. The topological polar surface area (TPSA) is 23.9 Å². The average Bonchev–Trinajstić information content (AvgIpc) is 2.15. The lowest BCUT2D eigenvalue weighted by Gasteiger charge is -2.26. The molecule has 0 saturated heterocycles. The summed E-state index contributed by atoms with van der Waals surface area (Å²) in [6.07, 6.45) is -5.80. The van der Waals surface area contributed by atoms with Crippen molar-refractivity contribution in [2.75, 3.05) is 0 Å². The Morgan fingerprint density at radius 3 is 2.60 bits per heavy atom. The first-order valence-electron chi connectivity index (χ1n) is 4.30. The molecule has 6 heteroatoms. The van der Waals surface area contributed by atoms with Gasteiger partial charge >= 0.3 is 6.18 Å². The molecule has 0 spiro atoms. The van der Waals surface area contributed by atoms with Gasteiger partial charge in [-0.2, -0.15) is 13.2 Å². The van der Waals surface area contributed by atoms with E-state index in [9.17, 15) is 17.6 Å². The van der Waals surface area contributed by atoms with Crippen LogP contribution in [0.2, 0.25) is 0 Å². The molecule has 0 aromatic rings. The highest BCUT2D eigenvalue weighted by atomic mass is 32.1. The molecule has 0 amide bonds. The van der Waals surface area contributed by atoms with Gasteiger partial charge in [0, 0.05) is 22.6 Å². The van der Waals surface area contributed by atoms with Crippen molar-refractivity contribution in [1.29, 1.82) is 5.41 Å². The number of hydrogen-bond donors (Lipinski definition) is 1. The van der Waals surface area contributed by atoms with Crippen molar-refractivity contribution in [2.45, 2.75) is 25.2 Å². The van der Waals surface area contributed by atoms with Crippen LogP contribution in [-0.2, 0) is 0 Å². The van der Waals surface area contributed by atoms with Crippen molar-refractivity contribution >= 4 is 23.3 Å². The molecule has 84 valence electrons. The van der Waals surface area contributed by atoms with Gasteiger partial charge in [0.05, 0.1) is 0 Å². The van der Waals surface area contributed by atoms with Crippen LogP contribution < -0.4 is 0 Å². The first-order valence-corrected chi connectivity index (χ1v) is 4.77. The third kappa shape index (κ3) is 2.84. The summed E-state index contributed by atoms with van der Waals surface area (Å²) in [4.78, 5) is 0. The second kappa shape index (κ2) is 4.38. The highest BCUT2D eigenvalue weighted by Gasteiger charge is 2.40. The van der Waals surface area contributed by atoms with E-state index < -0.39 is 30.3 Å². The van der Waals surface area contributed by atoms with Crippen LogP contribution in [0, 0.1) is 11.3 Å². The van der Waals surface area contributed by atoms with Crippen LogP contribution in [0.15, 0.2) is 11.6 Å². The van der Waals surface area contributed by atoms with Crippen LogP contribution >= 0.6 is 12.2 Å². The maximum atomic E-state index is 13.2. The Labute approximate surface area is 89.7 Å². The van der Waals surface area contributed by atoms with Crippen LogP contribution in [0.25, 0.3) is 0 Å². The molecule has 2 atom stereocenters. The van der Waals surface area contributed by atoms with Crippen LogP contribution in [-0.4, -0.2) is 23.4 Å². The fourth-order valence-corrected chi connectivity index (χ4v) is 1.67. The predicted octanol–water partition coefficient (Wildman–Crippen LogP) is 3.24. The van der Waals surface area contributed by atoms with Crippen LogP contribution in [0.5, 0.6) is 0 Å². The van der Waals surface area contributed by atoms with Crippen LogP contribution in [0.4, 0.5) is 17.6 Å². The van der Waals surface area contributed by atoms with E-state index in [0.717, 1.165) is 11.4 Å². The highest BCUT2D eigenvalue weighted by Crippen LogP contribution is 2.37. The van der Waals surface area contributed by atoms with Crippen molar-refractivity contribution in [3.8, 4) is 0 Å². The van der Waals surface area contributed by atoms with Gasteiger partial charge in [0.15, 0.2) is 0 Å². The summed E-state index contributed by atoms with van der Waals surface area (Å²) in [5.74, 6) is -1.05. The molecule has 0 saturated carbocycles. The summed E-state index contributed by atoms with van der Waals surface area (Å²) >= 11 is 4.42. The normalized spacial score (nSPS) is 27.1. The minimum atomic E-state index is -4.43. The lowest BCUT2D eigenvalue weighted by atomic mass is 9.84. The molecule has 15 heavy (non-hydrogen) atoms. The van der Waals surface area contributed by atoms with Gasteiger partial charge in [0.1, 0.15) is 6.17 Å². The molecule has 1 nitrogen and oxygen atoms in total. The second-order valence-electron chi connectivity index (χ2n) is 3.36. The minimum absolute atomic E-state index is 0.243.